The van der Waals surface area contributed by atoms with E-state index >= 15 is 0 Å². The highest BCUT2D eigenvalue weighted by Gasteiger charge is 2.12. The monoisotopic (exact) mass is 375 g/mol. The van der Waals surface area contributed by atoms with Crippen LogP contribution in [0.2, 0.25) is 0 Å². The summed E-state index contributed by atoms with van der Waals surface area (Å²) in [6.45, 7) is 7.50. The Bertz CT molecular complexity index is 944. The second-order valence-electron chi connectivity index (χ2n) is 6.62. The molecule has 1 N–H and O–H groups in total. The molecule has 0 radical (unpaired) electrons. The quantitative estimate of drug-likeness (QED) is 0.481. The number of hydrogen-bond acceptors (Lipinski definition) is 4. The molecule has 0 aliphatic carbocycles. The van der Waals surface area contributed by atoms with Crippen LogP contribution in [0.5, 0.6) is 0 Å². The van der Waals surface area contributed by atoms with Crippen LogP contribution < -0.4 is 10.3 Å². The number of hydrazone groups is 1. The molecule has 0 aliphatic heterocycles. The number of aryl methyl sites for hydroxylation is 2. The standard InChI is InChI=1S/C23H25N3O2/c1-4-26(16-20-8-6-5-7-9-20)21-12-10-19(11-13-21)15-24-25-23(27)22-14-17(2)28-18(22)3/h5-15H,4,16H2,1-3H3,(H,25,27). The minimum absolute atomic E-state index is 0.276. The summed E-state index contributed by atoms with van der Waals surface area (Å²) in [5.74, 6) is 1.02. The number of rotatable bonds is 7. The van der Waals surface area contributed by atoms with Crippen LogP contribution >= 0.6 is 0 Å². The van der Waals surface area contributed by atoms with E-state index in [-0.39, 0.29) is 5.91 Å². The summed E-state index contributed by atoms with van der Waals surface area (Å²) < 4.78 is 5.37. The van der Waals surface area contributed by atoms with Gasteiger partial charge in [0.1, 0.15) is 11.5 Å². The van der Waals surface area contributed by atoms with Gasteiger partial charge in [-0.25, -0.2) is 5.43 Å². The van der Waals surface area contributed by atoms with Gasteiger partial charge in [-0.15, -0.1) is 0 Å². The van der Waals surface area contributed by atoms with Crippen LogP contribution in [0.3, 0.4) is 0 Å². The largest absolute Gasteiger partial charge is 0.466 e. The van der Waals surface area contributed by atoms with Gasteiger partial charge in [-0.2, -0.15) is 5.10 Å². The number of carbonyl (C=O) groups is 1. The third-order valence-electron chi connectivity index (χ3n) is 4.52. The highest BCUT2D eigenvalue weighted by molar-refractivity contribution is 5.95. The van der Waals surface area contributed by atoms with Crippen molar-refractivity contribution >= 4 is 17.8 Å². The third kappa shape index (κ3) is 4.88. The SMILES string of the molecule is CCN(Cc1ccccc1)c1ccc(C=NNC(=O)c2cc(C)oc2C)cc1. The van der Waals surface area contributed by atoms with Gasteiger partial charge in [-0.1, -0.05) is 42.5 Å². The van der Waals surface area contributed by atoms with Crippen molar-refractivity contribution in [3.63, 3.8) is 0 Å². The van der Waals surface area contributed by atoms with E-state index in [9.17, 15) is 4.79 Å². The lowest BCUT2D eigenvalue weighted by Gasteiger charge is -2.23. The van der Waals surface area contributed by atoms with Gasteiger partial charge in [0.25, 0.3) is 5.91 Å². The minimum atomic E-state index is -0.276. The summed E-state index contributed by atoms with van der Waals surface area (Å²) in [6, 6.07) is 20.2. The highest BCUT2D eigenvalue weighted by Crippen LogP contribution is 2.17. The first kappa shape index (κ1) is 19.4. The summed E-state index contributed by atoms with van der Waals surface area (Å²) in [7, 11) is 0. The molecular formula is C23H25N3O2. The molecule has 3 rings (SSSR count). The molecule has 0 bridgehead atoms. The average molecular weight is 375 g/mol. The zero-order valence-corrected chi connectivity index (χ0v) is 16.5. The molecule has 5 nitrogen and oxygen atoms in total. The van der Waals surface area contributed by atoms with Crippen molar-refractivity contribution < 1.29 is 9.21 Å². The molecule has 1 amide bonds. The van der Waals surface area contributed by atoms with Gasteiger partial charge < -0.3 is 9.32 Å². The lowest BCUT2D eigenvalue weighted by molar-refractivity contribution is 0.0953. The van der Waals surface area contributed by atoms with Gasteiger partial charge in [-0.05, 0) is 50.1 Å². The number of hydrogen-bond donors (Lipinski definition) is 1. The predicted octanol–water partition coefficient (Wildman–Crippen LogP) is 4.69. The third-order valence-corrected chi connectivity index (χ3v) is 4.52. The second-order valence-corrected chi connectivity index (χ2v) is 6.62. The van der Waals surface area contributed by atoms with Crippen molar-refractivity contribution in [2.75, 3.05) is 11.4 Å². The topological polar surface area (TPSA) is 57.8 Å². The van der Waals surface area contributed by atoms with Crippen LogP contribution in [-0.4, -0.2) is 18.7 Å². The maximum atomic E-state index is 12.1. The minimum Gasteiger partial charge on any atom is -0.466 e. The van der Waals surface area contributed by atoms with E-state index in [1.54, 1.807) is 19.2 Å². The Morgan fingerprint density at radius 1 is 1.11 bits per heavy atom. The van der Waals surface area contributed by atoms with Crippen molar-refractivity contribution in [3.8, 4) is 0 Å². The Morgan fingerprint density at radius 2 is 1.82 bits per heavy atom. The Hall–Kier alpha value is -3.34. The molecule has 0 fully saturated rings. The van der Waals surface area contributed by atoms with Crippen LogP contribution in [0, 0.1) is 13.8 Å². The first-order chi connectivity index (χ1) is 13.6. The van der Waals surface area contributed by atoms with E-state index in [2.05, 4.69) is 58.7 Å². The molecule has 5 heteroatoms. The molecule has 0 saturated heterocycles. The molecule has 2 aromatic carbocycles. The smallest absolute Gasteiger partial charge is 0.274 e. The first-order valence-corrected chi connectivity index (χ1v) is 9.36. The van der Waals surface area contributed by atoms with Crippen molar-refractivity contribution in [1.82, 2.24) is 5.43 Å². The number of benzene rings is 2. The number of nitrogens with zero attached hydrogens (tertiary/aromatic N) is 2. The summed E-state index contributed by atoms with van der Waals surface area (Å²) in [5.41, 5.74) is 6.39. The van der Waals surface area contributed by atoms with Gasteiger partial charge >= 0.3 is 0 Å². The van der Waals surface area contributed by atoms with Crippen molar-refractivity contribution in [2.24, 2.45) is 5.10 Å². The molecule has 0 saturated carbocycles. The molecule has 28 heavy (non-hydrogen) atoms. The van der Waals surface area contributed by atoms with Crippen molar-refractivity contribution in [1.29, 1.82) is 0 Å². The number of amides is 1. The van der Waals surface area contributed by atoms with Gasteiger partial charge in [0, 0.05) is 18.8 Å². The predicted molar refractivity (Wildman–Crippen MR) is 113 cm³/mol. The summed E-state index contributed by atoms with van der Waals surface area (Å²) >= 11 is 0. The van der Waals surface area contributed by atoms with Gasteiger partial charge in [0.2, 0.25) is 0 Å². The fourth-order valence-electron chi connectivity index (χ4n) is 3.04. The Kier molecular flexibility index (Phi) is 6.27. The number of furan rings is 1. The molecule has 0 unspecified atom stereocenters. The fraction of sp³-hybridized carbons (Fsp3) is 0.217. The molecule has 0 atom stereocenters. The van der Waals surface area contributed by atoms with E-state index < -0.39 is 0 Å². The number of carbonyl (C=O) groups excluding carboxylic acids is 1. The molecule has 1 aromatic heterocycles. The fourth-order valence-corrected chi connectivity index (χ4v) is 3.04. The summed E-state index contributed by atoms with van der Waals surface area (Å²) in [5, 5.41) is 4.05. The lowest BCUT2D eigenvalue weighted by atomic mass is 10.1. The van der Waals surface area contributed by atoms with E-state index in [0.717, 1.165) is 24.3 Å². The van der Waals surface area contributed by atoms with Crippen LogP contribution in [0.1, 0.15) is 39.9 Å². The van der Waals surface area contributed by atoms with E-state index in [1.165, 1.54) is 5.56 Å². The normalized spacial score (nSPS) is 11.0. The summed E-state index contributed by atoms with van der Waals surface area (Å²) in [4.78, 5) is 14.4. The molecule has 144 valence electrons. The average Bonchev–Trinajstić information content (AvgIpc) is 3.05. The van der Waals surface area contributed by atoms with Crippen LogP contribution in [0.15, 0.2) is 70.2 Å². The van der Waals surface area contributed by atoms with E-state index in [1.807, 2.05) is 25.1 Å². The molecule has 3 aromatic rings. The molecular weight excluding hydrogens is 350 g/mol. The zero-order chi connectivity index (χ0) is 19.9. The second kappa shape index (κ2) is 9.04. The maximum absolute atomic E-state index is 12.1. The maximum Gasteiger partial charge on any atom is 0.274 e. The first-order valence-electron chi connectivity index (χ1n) is 9.36. The zero-order valence-electron chi connectivity index (χ0n) is 16.5. The van der Waals surface area contributed by atoms with Crippen LogP contribution in [0.25, 0.3) is 0 Å². The summed E-state index contributed by atoms with van der Waals surface area (Å²) in [6.07, 6.45) is 1.64. The number of nitrogens with one attached hydrogen (secondary N) is 1. The van der Waals surface area contributed by atoms with E-state index in [4.69, 9.17) is 4.42 Å². The van der Waals surface area contributed by atoms with Crippen molar-refractivity contribution in [3.05, 3.63) is 88.9 Å². The molecule has 1 heterocycles. The highest BCUT2D eigenvalue weighted by atomic mass is 16.3. The molecule has 0 spiro atoms. The van der Waals surface area contributed by atoms with Crippen LogP contribution in [-0.2, 0) is 6.54 Å². The van der Waals surface area contributed by atoms with Crippen LogP contribution in [0.4, 0.5) is 5.69 Å². The van der Waals surface area contributed by atoms with E-state index in [0.29, 0.717) is 17.1 Å². The van der Waals surface area contributed by atoms with Gasteiger partial charge in [0.05, 0.1) is 11.8 Å². The molecule has 0 aliphatic rings. The van der Waals surface area contributed by atoms with Gasteiger partial charge in [0.15, 0.2) is 0 Å². The number of anilines is 1. The Labute approximate surface area is 165 Å². The lowest BCUT2D eigenvalue weighted by Crippen LogP contribution is -2.21. The van der Waals surface area contributed by atoms with Crippen molar-refractivity contribution in [2.45, 2.75) is 27.3 Å². The Balaban J connectivity index is 1.61. The van der Waals surface area contributed by atoms with Gasteiger partial charge in [-0.3, -0.25) is 4.79 Å². The Morgan fingerprint density at radius 3 is 2.43 bits per heavy atom.